The number of hydrogen-bond acceptors (Lipinski definition) is 6. The number of anilines is 1. The molecule has 0 unspecified atom stereocenters. The fourth-order valence-corrected chi connectivity index (χ4v) is 3.13. The third-order valence-electron chi connectivity index (χ3n) is 4.59. The van der Waals surface area contributed by atoms with E-state index in [9.17, 15) is 14.4 Å². The Labute approximate surface area is 185 Å². The van der Waals surface area contributed by atoms with E-state index in [0.29, 0.717) is 28.4 Å². The largest absolute Gasteiger partial charge is 0.462 e. The first-order valence-electron chi connectivity index (χ1n) is 10.1. The second-order valence-electron chi connectivity index (χ2n) is 6.88. The summed E-state index contributed by atoms with van der Waals surface area (Å²) in [7, 11) is 0. The lowest BCUT2D eigenvalue weighted by molar-refractivity contribution is -0.119. The van der Waals surface area contributed by atoms with Crippen molar-refractivity contribution >= 4 is 23.5 Å². The van der Waals surface area contributed by atoms with Gasteiger partial charge in [-0.3, -0.25) is 4.79 Å². The van der Waals surface area contributed by atoms with Gasteiger partial charge in [0.25, 0.3) is 5.91 Å². The van der Waals surface area contributed by atoms with E-state index in [1.807, 2.05) is 18.2 Å². The van der Waals surface area contributed by atoms with Crippen LogP contribution in [-0.2, 0) is 14.3 Å². The molecule has 0 saturated heterocycles. The molecular weight excluding hydrogens is 412 g/mol. The zero-order chi connectivity index (χ0) is 23.1. The molecule has 0 aliphatic carbocycles. The van der Waals surface area contributed by atoms with Crippen molar-refractivity contribution in [3.05, 3.63) is 77.1 Å². The number of rotatable bonds is 8. The van der Waals surface area contributed by atoms with Crippen molar-refractivity contribution in [1.29, 1.82) is 0 Å². The van der Waals surface area contributed by atoms with Crippen molar-refractivity contribution in [1.82, 2.24) is 4.98 Å². The number of carbonyl (C=O) groups excluding carboxylic acids is 3. The van der Waals surface area contributed by atoms with Gasteiger partial charge in [0.1, 0.15) is 11.4 Å². The molecule has 0 aliphatic rings. The van der Waals surface area contributed by atoms with Gasteiger partial charge in [0.05, 0.1) is 17.9 Å². The minimum absolute atomic E-state index is 0.103. The van der Waals surface area contributed by atoms with E-state index in [0.717, 1.165) is 0 Å². The predicted octanol–water partition coefficient (Wildman–Crippen LogP) is 4.40. The number of aromatic nitrogens is 1. The number of hydrogen-bond donors (Lipinski definition) is 2. The summed E-state index contributed by atoms with van der Waals surface area (Å²) < 4.78 is 16.0. The Bertz CT molecular complexity index is 1120. The minimum atomic E-state index is -0.745. The van der Waals surface area contributed by atoms with Gasteiger partial charge in [0, 0.05) is 5.69 Å². The lowest BCUT2D eigenvalue weighted by Gasteiger charge is -2.12. The molecule has 32 heavy (non-hydrogen) atoms. The molecule has 0 bridgehead atoms. The van der Waals surface area contributed by atoms with Gasteiger partial charge in [-0.05, 0) is 50.6 Å². The number of H-pyrrole nitrogens is 1. The fraction of sp³-hybridized carbons (Fsp3) is 0.208. The Morgan fingerprint density at radius 3 is 2.31 bits per heavy atom. The van der Waals surface area contributed by atoms with E-state index >= 15 is 0 Å². The van der Waals surface area contributed by atoms with Gasteiger partial charge in [-0.2, -0.15) is 0 Å². The number of aromatic amines is 1. The average Bonchev–Trinajstić information content (AvgIpc) is 3.08. The topological polar surface area (TPSA) is 107 Å². The maximum Gasteiger partial charge on any atom is 0.355 e. The van der Waals surface area contributed by atoms with Crippen LogP contribution in [0.1, 0.15) is 39.0 Å². The molecule has 0 radical (unpaired) electrons. The number of para-hydroxylation sites is 3. The van der Waals surface area contributed by atoms with Crippen LogP contribution in [0.2, 0.25) is 0 Å². The lowest BCUT2D eigenvalue weighted by Crippen LogP contribution is -2.21. The molecule has 166 valence electrons. The van der Waals surface area contributed by atoms with Crippen molar-refractivity contribution in [3.8, 4) is 11.5 Å². The van der Waals surface area contributed by atoms with Crippen LogP contribution < -0.4 is 10.1 Å². The van der Waals surface area contributed by atoms with Crippen LogP contribution in [0.5, 0.6) is 11.5 Å². The van der Waals surface area contributed by atoms with Gasteiger partial charge in [-0.25, -0.2) is 9.59 Å². The van der Waals surface area contributed by atoms with Crippen molar-refractivity contribution in [2.45, 2.75) is 20.8 Å². The first-order chi connectivity index (χ1) is 15.4. The first-order valence-corrected chi connectivity index (χ1v) is 10.1. The maximum absolute atomic E-state index is 12.5. The van der Waals surface area contributed by atoms with E-state index < -0.39 is 24.5 Å². The summed E-state index contributed by atoms with van der Waals surface area (Å²) in [6, 6.07) is 16.1. The van der Waals surface area contributed by atoms with Gasteiger partial charge in [0.15, 0.2) is 12.4 Å². The zero-order valence-corrected chi connectivity index (χ0v) is 18.1. The van der Waals surface area contributed by atoms with Gasteiger partial charge in [-0.15, -0.1) is 0 Å². The Morgan fingerprint density at radius 2 is 1.59 bits per heavy atom. The lowest BCUT2D eigenvalue weighted by atomic mass is 10.1. The van der Waals surface area contributed by atoms with Crippen LogP contribution in [0, 0.1) is 13.8 Å². The van der Waals surface area contributed by atoms with Crippen LogP contribution in [0.25, 0.3) is 0 Å². The number of ether oxygens (including phenoxy) is 3. The Hall–Kier alpha value is -4.07. The molecule has 2 aromatic carbocycles. The summed E-state index contributed by atoms with van der Waals surface area (Å²) in [4.78, 5) is 39.8. The molecular formula is C24H24N2O6. The highest BCUT2D eigenvalue weighted by Gasteiger charge is 2.24. The number of carbonyl (C=O) groups is 3. The van der Waals surface area contributed by atoms with Crippen LogP contribution in [0.4, 0.5) is 5.69 Å². The van der Waals surface area contributed by atoms with E-state index in [1.54, 1.807) is 57.2 Å². The molecule has 3 aromatic rings. The molecule has 0 aliphatic heterocycles. The highest BCUT2D eigenvalue weighted by Crippen LogP contribution is 2.29. The number of aryl methyl sites for hydroxylation is 1. The van der Waals surface area contributed by atoms with Crippen molar-refractivity contribution < 1.29 is 28.6 Å². The summed E-state index contributed by atoms with van der Waals surface area (Å²) in [5.41, 5.74) is 1.73. The first kappa shape index (κ1) is 22.6. The molecule has 1 heterocycles. The van der Waals surface area contributed by atoms with Gasteiger partial charge < -0.3 is 24.5 Å². The molecule has 0 fully saturated rings. The molecule has 8 heteroatoms. The highest BCUT2D eigenvalue weighted by molar-refractivity contribution is 6.00. The Kier molecular flexibility index (Phi) is 7.28. The molecule has 3 rings (SSSR count). The molecule has 0 saturated carbocycles. The summed E-state index contributed by atoms with van der Waals surface area (Å²) in [6.45, 7) is 4.69. The molecule has 2 N–H and O–H groups in total. The molecule has 0 atom stereocenters. The normalized spacial score (nSPS) is 10.3. The standard InChI is InChI=1S/C24H24N2O6/c1-4-30-23(28)21-15(2)22(25-16(21)3)24(29)31-14-20(27)26-18-12-8-9-13-19(18)32-17-10-6-5-7-11-17/h5-13,25H,4,14H2,1-3H3,(H,26,27). The summed E-state index contributed by atoms with van der Waals surface area (Å²) >= 11 is 0. The predicted molar refractivity (Wildman–Crippen MR) is 118 cm³/mol. The Balaban J connectivity index is 1.63. The maximum atomic E-state index is 12.5. The van der Waals surface area contributed by atoms with E-state index in [2.05, 4.69) is 10.3 Å². The van der Waals surface area contributed by atoms with E-state index in [-0.39, 0.29) is 17.9 Å². The molecule has 1 aromatic heterocycles. The van der Waals surface area contributed by atoms with Gasteiger partial charge >= 0.3 is 11.9 Å². The molecule has 8 nitrogen and oxygen atoms in total. The number of amides is 1. The molecule has 0 spiro atoms. The van der Waals surface area contributed by atoms with Crippen molar-refractivity contribution in [2.24, 2.45) is 0 Å². The van der Waals surface area contributed by atoms with E-state index in [1.165, 1.54) is 0 Å². The van der Waals surface area contributed by atoms with Crippen LogP contribution >= 0.6 is 0 Å². The molecule has 1 amide bonds. The third kappa shape index (κ3) is 5.34. The summed E-state index contributed by atoms with van der Waals surface area (Å²) in [5, 5.41) is 2.68. The van der Waals surface area contributed by atoms with Crippen LogP contribution in [0.15, 0.2) is 54.6 Å². The zero-order valence-electron chi connectivity index (χ0n) is 18.1. The number of benzene rings is 2. The Morgan fingerprint density at radius 1 is 0.906 bits per heavy atom. The van der Waals surface area contributed by atoms with Crippen LogP contribution in [0.3, 0.4) is 0 Å². The fourth-order valence-electron chi connectivity index (χ4n) is 3.13. The van der Waals surface area contributed by atoms with Gasteiger partial charge in [0.2, 0.25) is 0 Å². The summed E-state index contributed by atoms with van der Waals surface area (Å²) in [5.74, 6) is -0.728. The smallest absolute Gasteiger partial charge is 0.355 e. The van der Waals surface area contributed by atoms with Crippen LogP contribution in [-0.4, -0.2) is 36.0 Å². The van der Waals surface area contributed by atoms with Crippen molar-refractivity contribution in [3.63, 3.8) is 0 Å². The van der Waals surface area contributed by atoms with Crippen molar-refractivity contribution in [2.75, 3.05) is 18.5 Å². The number of nitrogens with one attached hydrogen (secondary N) is 2. The third-order valence-corrected chi connectivity index (χ3v) is 4.59. The summed E-state index contributed by atoms with van der Waals surface area (Å²) in [6.07, 6.45) is 0. The quantitative estimate of drug-likeness (QED) is 0.507. The number of esters is 2. The van der Waals surface area contributed by atoms with E-state index in [4.69, 9.17) is 14.2 Å². The monoisotopic (exact) mass is 436 g/mol. The second kappa shape index (κ2) is 10.3. The average molecular weight is 436 g/mol. The van der Waals surface area contributed by atoms with Gasteiger partial charge in [-0.1, -0.05) is 30.3 Å². The second-order valence-corrected chi connectivity index (χ2v) is 6.88. The minimum Gasteiger partial charge on any atom is -0.462 e. The highest BCUT2D eigenvalue weighted by atomic mass is 16.5. The SMILES string of the molecule is CCOC(=O)c1c(C)[nH]c(C(=O)OCC(=O)Nc2ccccc2Oc2ccccc2)c1C.